The molecule has 288 valence electrons. The molecule has 0 spiro atoms. The largest absolute Gasteiger partial charge is 0.477 e. The lowest BCUT2D eigenvalue weighted by atomic mass is 9.79. The van der Waals surface area contributed by atoms with Crippen LogP contribution in [-0.4, -0.2) is 126 Å². The van der Waals surface area contributed by atoms with Gasteiger partial charge in [-0.25, -0.2) is 4.79 Å². The van der Waals surface area contributed by atoms with Gasteiger partial charge >= 0.3 is 17.8 Å². The molecule has 56 heavy (non-hydrogen) atoms. The first kappa shape index (κ1) is 36.8. The van der Waals surface area contributed by atoms with Crippen molar-refractivity contribution in [2.45, 2.75) is 31.3 Å². The van der Waals surface area contributed by atoms with Gasteiger partial charge in [0.15, 0.2) is 0 Å². The lowest BCUT2D eigenvalue weighted by Crippen LogP contribution is -2.60. The predicted octanol–water partition coefficient (Wildman–Crippen LogP) is 2.34. The summed E-state index contributed by atoms with van der Waals surface area (Å²) in [6.45, 7) is 1.75. The van der Waals surface area contributed by atoms with Crippen LogP contribution in [-0.2, 0) is 25.6 Å². The summed E-state index contributed by atoms with van der Waals surface area (Å²) in [5.41, 5.74) is 3.07. The molecule has 5 aromatic rings. The number of anilines is 3. The maximum atomic E-state index is 14.2. The summed E-state index contributed by atoms with van der Waals surface area (Å²) < 4.78 is 1.35. The fourth-order valence-electron chi connectivity index (χ4n) is 7.71. The van der Waals surface area contributed by atoms with Gasteiger partial charge in [-0.3, -0.25) is 24.1 Å². The summed E-state index contributed by atoms with van der Waals surface area (Å²) >= 11 is 6.32. The minimum Gasteiger partial charge on any atom is -0.477 e. The molecular formula is C38H37ClN10O7. The Morgan fingerprint density at radius 2 is 1.70 bits per heavy atom. The van der Waals surface area contributed by atoms with Gasteiger partial charge in [0.05, 0.1) is 17.9 Å². The van der Waals surface area contributed by atoms with Crippen molar-refractivity contribution in [2.24, 2.45) is 5.92 Å². The van der Waals surface area contributed by atoms with Crippen LogP contribution >= 0.6 is 11.6 Å². The van der Waals surface area contributed by atoms with Crippen molar-refractivity contribution < 1.29 is 34.2 Å². The van der Waals surface area contributed by atoms with E-state index in [4.69, 9.17) is 11.6 Å². The molecule has 2 saturated heterocycles. The maximum Gasteiger partial charge on any atom is 0.352 e. The van der Waals surface area contributed by atoms with Crippen molar-refractivity contribution in [1.29, 1.82) is 0 Å². The van der Waals surface area contributed by atoms with E-state index in [-0.39, 0.29) is 37.7 Å². The highest BCUT2D eigenvalue weighted by molar-refractivity contribution is 6.41. The molecule has 3 aliphatic rings. The first-order chi connectivity index (χ1) is 27.1. The number of nitrogens with zero attached hydrogens (tertiary/aromatic N) is 8. The first-order valence-electron chi connectivity index (χ1n) is 18.1. The molecule has 1 aliphatic carbocycles. The molecule has 8 rings (SSSR count). The Hall–Kier alpha value is -6.17. The van der Waals surface area contributed by atoms with E-state index in [1.807, 2.05) is 12.1 Å². The van der Waals surface area contributed by atoms with Crippen molar-refractivity contribution in [2.75, 3.05) is 54.4 Å². The minimum absolute atomic E-state index is 0.0000535. The molecule has 1 saturated carbocycles. The van der Waals surface area contributed by atoms with Gasteiger partial charge in [-0.2, -0.15) is 4.68 Å². The van der Waals surface area contributed by atoms with E-state index in [0.29, 0.717) is 69.3 Å². The van der Waals surface area contributed by atoms with Crippen molar-refractivity contribution in [3.8, 4) is 5.69 Å². The van der Waals surface area contributed by atoms with Crippen LogP contribution < -0.4 is 15.1 Å². The summed E-state index contributed by atoms with van der Waals surface area (Å²) in [7, 11) is 0. The Labute approximate surface area is 324 Å². The van der Waals surface area contributed by atoms with Gasteiger partial charge in [0.25, 0.3) is 0 Å². The van der Waals surface area contributed by atoms with E-state index < -0.39 is 29.7 Å². The van der Waals surface area contributed by atoms with Gasteiger partial charge in [0.1, 0.15) is 18.1 Å². The van der Waals surface area contributed by atoms with Crippen molar-refractivity contribution in [3.05, 3.63) is 89.3 Å². The van der Waals surface area contributed by atoms with Crippen LogP contribution in [0.3, 0.4) is 0 Å². The molecule has 4 amide bonds. The molecule has 17 nitrogen and oxygen atoms in total. The van der Waals surface area contributed by atoms with Crippen molar-refractivity contribution >= 4 is 69.2 Å². The zero-order valence-electron chi connectivity index (χ0n) is 29.9. The summed E-state index contributed by atoms with van der Waals surface area (Å²) in [5.74, 6) is -3.17. The molecule has 18 heteroatoms. The Balaban J connectivity index is 1.03. The molecule has 3 fully saturated rings. The summed E-state index contributed by atoms with van der Waals surface area (Å²) in [5, 5.41) is 33.8. The number of aromatic carboxylic acids is 1. The lowest BCUT2D eigenvalue weighted by molar-refractivity contribution is -0.149. The SMILES string of the molecule is O=C(O)c1cc2cc(NC(=O)[C@H](Cc3ccc(N4CCN(C5CC(CO)C5)CC4=O)cc3)N3CCN(c4cc(Cl)ccc4-n4cnnn4)C(=O)C3=O)ccc2[nH]1. The Morgan fingerprint density at radius 1 is 0.911 bits per heavy atom. The van der Waals surface area contributed by atoms with Crippen LogP contribution in [0.5, 0.6) is 0 Å². The molecule has 3 aromatic carbocycles. The number of tetrazole rings is 1. The molecule has 0 radical (unpaired) electrons. The summed E-state index contributed by atoms with van der Waals surface area (Å²) in [6, 6.07) is 17.5. The van der Waals surface area contributed by atoms with Gasteiger partial charge in [0.2, 0.25) is 11.8 Å². The van der Waals surface area contributed by atoms with Gasteiger partial charge in [0, 0.05) is 72.5 Å². The third kappa shape index (κ3) is 7.18. The van der Waals surface area contributed by atoms with E-state index in [1.165, 1.54) is 26.9 Å². The Morgan fingerprint density at radius 3 is 2.41 bits per heavy atom. The molecule has 0 bridgehead atoms. The number of aromatic amines is 1. The second kappa shape index (κ2) is 15.2. The summed E-state index contributed by atoms with van der Waals surface area (Å²) in [4.78, 5) is 76.1. The highest BCUT2D eigenvalue weighted by Gasteiger charge is 2.41. The average molecular weight is 781 g/mol. The van der Waals surface area contributed by atoms with Gasteiger partial charge < -0.3 is 35.2 Å². The number of amides is 4. The van der Waals surface area contributed by atoms with E-state index in [9.17, 15) is 34.2 Å². The first-order valence-corrected chi connectivity index (χ1v) is 18.5. The maximum absolute atomic E-state index is 14.2. The average Bonchev–Trinajstić information content (AvgIpc) is 3.86. The standard InChI is InChI=1S/C38H37ClN10O7/c39-25-3-8-31(49-21-40-43-44-49)32(18-25)47-11-12-48(37(54)36(47)53)33(35(52)41-26-4-7-29-24(16-26)17-30(42-29)38(55)56)15-22-1-5-27(6-2-22)46-10-9-45(19-34(46)51)28-13-23(14-28)20-50/h1-8,16-18,21,23,28,33,42,50H,9-15,19-20H2,(H,41,52)(H,55,56)/t23?,28?,33-/m0/s1. The second-order valence-electron chi connectivity index (χ2n) is 14.2. The van der Waals surface area contributed by atoms with Crippen molar-refractivity contribution in [3.63, 3.8) is 0 Å². The zero-order chi connectivity index (χ0) is 39.1. The molecular weight excluding hydrogens is 744 g/mol. The number of aliphatic hydroxyl groups excluding tert-OH is 1. The number of aromatic nitrogens is 5. The Kier molecular flexibility index (Phi) is 9.96. The number of halogens is 1. The fraction of sp³-hybridized carbons (Fsp3) is 0.316. The van der Waals surface area contributed by atoms with Gasteiger partial charge in [-0.05, 0) is 89.3 Å². The summed E-state index contributed by atoms with van der Waals surface area (Å²) in [6.07, 6.45) is 3.19. The highest BCUT2D eigenvalue weighted by Crippen LogP contribution is 2.33. The van der Waals surface area contributed by atoms with E-state index in [1.54, 1.807) is 53.4 Å². The number of carbonyl (C=O) groups excluding carboxylic acids is 4. The number of rotatable bonds is 11. The smallest absolute Gasteiger partial charge is 0.352 e. The molecule has 2 aliphatic heterocycles. The lowest BCUT2D eigenvalue weighted by Gasteiger charge is -2.45. The fourth-order valence-corrected chi connectivity index (χ4v) is 7.88. The molecule has 4 N–H and O–H groups in total. The van der Waals surface area contributed by atoms with E-state index >= 15 is 0 Å². The number of fused-ring (bicyclic) bond motifs is 1. The van der Waals surface area contributed by atoms with Crippen LogP contribution in [0.15, 0.2) is 73.1 Å². The quantitative estimate of drug-likeness (QED) is 0.143. The Bertz CT molecular complexity index is 2330. The topological polar surface area (TPSA) is 210 Å². The minimum atomic E-state index is -1.13. The molecule has 2 aromatic heterocycles. The van der Waals surface area contributed by atoms with E-state index in [0.717, 1.165) is 19.4 Å². The van der Waals surface area contributed by atoms with Gasteiger partial charge in [-0.15, -0.1) is 5.10 Å². The molecule has 0 unspecified atom stereocenters. The highest BCUT2D eigenvalue weighted by atomic mass is 35.5. The zero-order valence-corrected chi connectivity index (χ0v) is 30.7. The van der Waals surface area contributed by atoms with Crippen LogP contribution in [0.1, 0.15) is 28.9 Å². The molecule has 4 heterocycles. The van der Waals surface area contributed by atoms with Crippen molar-refractivity contribution in [1.82, 2.24) is 35.0 Å². The van der Waals surface area contributed by atoms with Crippen LogP contribution in [0, 0.1) is 5.92 Å². The number of carbonyl (C=O) groups is 5. The number of aliphatic hydroxyl groups is 1. The third-order valence-electron chi connectivity index (χ3n) is 10.8. The second-order valence-corrected chi connectivity index (χ2v) is 14.6. The number of hydrogen-bond donors (Lipinski definition) is 4. The van der Waals surface area contributed by atoms with Crippen LogP contribution in [0.2, 0.25) is 5.02 Å². The number of nitrogens with one attached hydrogen (secondary N) is 2. The molecule has 1 atom stereocenters. The third-order valence-corrected chi connectivity index (χ3v) is 11.0. The number of carboxylic acid groups (broad SMARTS) is 1. The van der Waals surface area contributed by atoms with Crippen LogP contribution in [0.4, 0.5) is 17.1 Å². The normalized spacial score (nSPS) is 19.7. The number of piperazine rings is 2. The van der Waals surface area contributed by atoms with Crippen LogP contribution in [0.25, 0.3) is 16.6 Å². The monoisotopic (exact) mass is 780 g/mol. The van der Waals surface area contributed by atoms with Gasteiger partial charge in [-0.1, -0.05) is 23.7 Å². The number of hydrogen-bond acceptors (Lipinski definition) is 10. The number of carboxylic acids is 1. The predicted molar refractivity (Wildman–Crippen MR) is 204 cm³/mol. The van der Waals surface area contributed by atoms with E-state index in [2.05, 4.69) is 30.7 Å². The number of H-pyrrole nitrogens is 1. The number of benzene rings is 3.